The minimum absolute atomic E-state index is 0.0370. The molecule has 0 spiro atoms. The number of hydrogen-bond acceptors (Lipinski definition) is 5. The third kappa shape index (κ3) is 3.89. The monoisotopic (exact) mass is 447 g/mol. The fourth-order valence-corrected chi connectivity index (χ4v) is 4.18. The first-order valence-corrected chi connectivity index (χ1v) is 9.90. The molecule has 2 aromatic carbocycles. The number of carbonyl (C=O) groups is 1. The van der Waals surface area contributed by atoms with E-state index in [0.717, 1.165) is 22.9 Å². The molecular formula is C22H20F3N3O4. The van der Waals surface area contributed by atoms with Crippen LogP contribution in [0, 0.1) is 17.5 Å². The van der Waals surface area contributed by atoms with E-state index >= 15 is 8.78 Å². The minimum Gasteiger partial charge on any atom is -0.449 e. The lowest BCUT2D eigenvalue weighted by atomic mass is 10.1. The van der Waals surface area contributed by atoms with E-state index in [4.69, 9.17) is 5.11 Å². The third-order valence-electron chi connectivity index (χ3n) is 5.28. The first kappa shape index (κ1) is 21.7. The molecule has 1 aliphatic heterocycles. The second-order valence-corrected chi connectivity index (χ2v) is 7.83. The number of aromatic nitrogens is 1. The van der Waals surface area contributed by atoms with Crippen molar-refractivity contribution in [2.24, 2.45) is 0 Å². The van der Waals surface area contributed by atoms with Gasteiger partial charge in [0.15, 0.2) is 11.6 Å². The predicted molar refractivity (Wildman–Crippen MR) is 112 cm³/mol. The summed E-state index contributed by atoms with van der Waals surface area (Å²) in [6.45, 7) is 4.43. The quantitative estimate of drug-likeness (QED) is 0.597. The summed E-state index contributed by atoms with van der Waals surface area (Å²) in [6, 6.07) is 5.84. The van der Waals surface area contributed by atoms with E-state index in [0.29, 0.717) is 13.1 Å². The Morgan fingerprint density at radius 2 is 1.84 bits per heavy atom. The molecule has 1 aromatic heterocycles. The summed E-state index contributed by atoms with van der Waals surface area (Å²) < 4.78 is 50.5. The maximum absolute atomic E-state index is 15.9. The number of halogens is 3. The van der Waals surface area contributed by atoms with Crippen LogP contribution in [0.1, 0.15) is 13.8 Å². The second kappa shape index (κ2) is 8.19. The van der Waals surface area contributed by atoms with Crippen molar-refractivity contribution in [3.05, 3.63) is 64.2 Å². The number of anilines is 1. The standard InChI is InChI=1S/C22H20F3N3O4/c1-11-8-27(9-12(2)26-11)20-16(24)7-15-19(18(20)25)28(14-5-3-4-13(23)6-14)10-17(21(15)29)32-22(30)31/h3-7,10-12,26H,8-9H2,1-2H3,(H,30,31). The van der Waals surface area contributed by atoms with E-state index < -0.39 is 40.2 Å². The van der Waals surface area contributed by atoms with Gasteiger partial charge in [-0.3, -0.25) is 4.79 Å². The molecular weight excluding hydrogens is 427 g/mol. The summed E-state index contributed by atoms with van der Waals surface area (Å²) in [5.41, 5.74) is -1.52. The molecule has 0 radical (unpaired) electrons. The topological polar surface area (TPSA) is 83.8 Å². The molecule has 0 aliphatic carbocycles. The Hall–Kier alpha value is -3.53. The molecule has 0 bridgehead atoms. The summed E-state index contributed by atoms with van der Waals surface area (Å²) in [4.78, 5) is 25.4. The van der Waals surface area contributed by atoms with Gasteiger partial charge in [-0.05, 0) is 38.1 Å². The van der Waals surface area contributed by atoms with Crippen molar-refractivity contribution in [2.45, 2.75) is 25.9 Å². The normalized spacial score (nSPS) is 18.7. The average Bonchev–Trinajstić information content (AvgIpc) is 2.69. The molecule has 2 N–H and O–H groups in total. The number of rotatable bonds is 3. The van der Waals surface area contributed by atoms with E-state index in [2.05, 4.69) is 10.1 Å². The Bertz CT molecular complexity index is 1270. The molecule has 32 heavy (non-hydrogen) atoms. The first-order valence-electron chi connectivity index (χ1n) is 9.90. The van der Waals surface area contributed by atoms with Gasteiger partial charge in [0, 0.05) is 30.9 Å². The van der Waals surface area contributed by atoms with E-state index in [-0.39, 0.29) is 29.0 Å². The van der Waals surface area contributed by atoms with Crippen LogP contribution in [-0.4, -0.2) is 41.0 Å². The maximum Gasteiger partial charge on any atom is 0.511 e. The molecule has 1 fully saturated rings. The van der Waals surface area contributed by atoms with E-state index in [9.17, 15) is 14.0 Å². The molecule has 0 saturated carbocycles. The largest absolute Gasteiger partial charge is 0.511 e. The molecule has 10 heteroatoms. The Morgan fingerprint density at radius 1 is 1.16 bits per heavy atom. The zero-order chi connectivity index (χ0) is 23.2. The average molecular weight is 447 g/mol. The van der Waals surface area contributed by atoms with Crippen molar-refractivity contribution in [2.75, 3.05) is 18.0 Å². The summed E-state index contributed by atoms with van der Waals surface area (Å²) in [7, 11) is 0. The highest BCUT2D eigenvalue weighted by atomic mass is 19.1. The number of ether oxygens (including phenoxy) is 1. The van der Waals surface area contributed by atoms with Crippen LogP contribution in [0.15, 0.2) is 41.3 Å². The highest BCUT2D eigenvalue weighted by Gasteiger charge is 2.29. The maximum atomic E-state index is 15.9. The molecule has 3 aromatic rings. The Kier molecular flexibility index (Phi) is 5.55. The van der Waals surface area contributed by atoms with Gasteiger partial charge in [-0.25, -0.2) is 18.0 Å². The molecule has 1 saturated heterocycles. The van der Waals surface area contributed by atoms with Crippen molar-refractivity contribution < 1.29 is 27.8 Å². The molecule has 4 rings (SSSR count). The first-order chi connectivity index (χ1) is 15.2. The highest BCUT2D eigenvalue weighted by Crippen LogP contribution is 2.33. The smallest absolute Gasteiger partial charge is 0.449 e. The number of carboxylic acid groups (broad SMARTS) is 1. The van der Waals surface area contributed by atoms with Gasteiger partial charge >= 0.3 is 6.16 Å². The number of hydrogen-bond donors (Lipinski definition) is 2. The van der Waals surface area contributed by atoms with Crippen LogP contribution in [-0.2, 0) is 0 Å². The summed E-state index contributed by atoms with van der Waals surface area (Å²) >= 11 is 0. The summed E-state index contributed by atoms with van der Waals surface area (Å²) in [5.74, 6) is -3.27. The van der Waals surface area contributed by atoms with Gasteiger partial charge in [0.25, 0.3) is 0 Å². The zero-order valence-corrected chi connectivity index (χ0v) is 17.2. The van der Waals surface area contributed by atoms with Gasteiger partial charge in [0.1, 0.15) is 17.3 Å². The lowest BCUT2D eigenvalue weighted by molar-refractivity contribution is 0.144. The lowest BCUT2D eigenvalue weighted by Crippen LogP contribution is -2.54. The van der Waals surface area contributed by atoms with Crippen LogP contribution in [0.5, 0.6) is 5.75 Å². The number of nitrogens with zero attached hydrogens (tertiary/aromatic N) is 2. The lowest BCUT2D eigenvalue weighted by Gasteiger charge is -2.38. The Morgan fingerprint density at radius 3 is 2.47 bits per heavy atom. The Labute approximate surface area is 180 Å². The van der Waals surface area contributed by atoms with Crippen LogP contribution in [0.25, 0.3) is 16.6 Å². The number of pyridine rings is 1. The van der Waals surface area contributed by atoms with Crippen molar-refractivity contribution in [3.63, 3.8) is 0 Å². The predicted octanol–water partition coefficient (Wildman–Crippen LogP) is 3.65. The summed E-state index contributed by atoms with van der Waals surface area (Å²) in [6.07, 6.45) is -0.810. The third-order valence-corrected chi connectivity index (χ3v) is 5.28. The molecule has 2 unspecified atom stereocenters. The van der Waals surface area contributed by atoms with Crippen LogP contribution in [0.3, 0.4) is 0 Å². The molecule has 1 aliphatic rings. The van der Waals surface area contributed by atoms with Crippen molar-refractivity contribution in [3.8, 4) is 11.4 Å². The van der Waals surface area contributed by atoms with E-state index in [1.54, 1.807) is 4.90 Å². The van der Waals surface area contributed by atoms with Gasteiger partial charge in [-0.15, -0.1) is 0 Å². The number of benzene rings is 2. The van der Waals surface area contributed by atoms with Crippen molar-refractivity contribution in [1.82, 2.24) is 9.88 Å². The number of piperazine rings is 1. The second-order valence-electron chi connectivity index (χ2n) is 7.83. The number of fused-ring (bicyclic) bond motifs is 1. The van der Waals surface area contributed by atoms with Crippen LogP contribution < -0.4 is 20.4 Å². The molecule has 2 heterocycles. The van der Waals surface area contributed by atoms with Crippen LogP contribution in [0.2, 0.25) is 0 Å². The van der Waals surface area contributed by atoms with Crippen LogP contribution in [0.4, 0.5) is 23.7 Å². The minimum atomic E-state index is -1.77. The molecule has 0 amide bonds. The fourth-order valence-electron chi connectivity index (χ4n) is 4.18. The van der Waals surface area contributed by atoms with Crippen molar-refractivity contribution >= 4 is 22.7 Å². The Balaban J connectivity index is 2.04. The van der Waals surface area contributed by atoms with Crippen molar-refractivity contribution in [1.29, 1.82) is 0 Å². The highest BCUT2D eigenvalue weighted by molar-refractivity contribution is 5.87. The SMILES string of the molecule is CC1CN(c2c(F)cc3c(=O)c(OC(=O)O)cn(-c4cccc(F)c4)c3c2F)CC(C)N1. The van der Waals surface area contributed by atoms with Gasteiger partial charge in [-0.2, -0.15) is 0 Å². The summed E-state index contributed by atoms with van der Waals surface area (Å²) in [5, 5.41) is 11.8. The number of nitrogens with one attached hydrogen (secondary N) is 1. The van der Waals surface area contributed by atoms with Gasteiger partial charge in [0.05, 0.1) is 17.1 Å². The van der Waals surface area contributed by atoms with E-state index in [1.807, 2.05) is 13.8 Å². The molecule has 168 valence electrons. The molecule has 2 atom stereocenters. The van der Waals surface area contributed by atoms with Gasteiger partial charge in [-0.1, -0.05) is 6.07 Å². The van der Waals surface area contributed by atoms with E-state index in [1.165, 1.54) is 18.2 Å². The van der Waals surface area contributed by atoms with Gasteiger partial charge < -0.3 is 24.6 Å². The molecule has 7 nitrogen and oxygen atoms in total. The fraction of sp³-hybridized carbons (Fsp3) is 0.273. The van der Waals surface area contributed by atoms with Gasteiger partial charge in [0.2, 0.25) is 5.43 Å². The zero-order valence-electron chi connectivity index (χ0n) is 17.2. The van der Waals surface area contributed by atoms with Crippen LogP contribution >= 0.6 is 0 Å².